The number of carbonyl (C=O) groups excluding carboxylic acids is 1. The van der Waals surface area contributed by atoms with Gasteiger partial charge >= 0.3 is 5.97 Å². The van der Waals surface area contributed by atoms with E-state index in [2.05, 4.69) is 51.7 Å². The molecule has 0 spiro atoms. The van der Waals surface area contributed by atoms with E-state index in [0.717, 1.165) is 13.1 Å². The van der Waals surface area contributed by atoms with Gasteiger partial charge in [-0.3, -0.25) is 9.69 Å². The molecule has 0 aliphatic heterocycles. The van der Waals surface area contributed by atoms with Gasteiger partial charge in [0, 0.05) is 9.75 Å². The molecule has 1 heterocycles. The van der Waals surface area contributed by atoms with Crippen molar-refractivity contribution < 1.29 is 9.53 Å². The minimum Gasteiger partial charge on any atom is -0.466 e. The zero-order chi connectivity index (χ0) is 16.0. The zero-order valence-electron chi connectivity index (χ0n) is 14.2. The monoisotopic (exact) mass is 311 g/mol. The van der Waals surface area contributed by atoms with Crippen LogP contribution in [0.2, 0.25) is 0 Å². The van der Waals surface area contributed by atoms with Gasteiger partial charge in [0.1, 0.15) is 0 Å². The van der Waals surface area contributed by atoms with E-state index >= 15 is 0 Å². The minimum absolute atomic E-state index is 0.111. The number of thiophene rings is 1. The highest BCUT2D eigenvalue weighted by atomic mass is 32.1. The number of hydrogen-bond donors (Lipinski definition) is 0. The maximum absolute atomic E-state index is 11.9. The van der Waals surface area contributed by atoms with Gasteiger partial charge in [-0.1, -0.05) is 34.6 Å². The number of rotatable bonds is 7. The summed E-state index contributed by atoms with van der Waals surface area (Å²) in [5.74, 6) is -0.111. The molecule has 1 unspecified atom stereocenters. The number of hydrogen-bond acceptors (Lipinski definition) is 4. The summed E-state index contributed by atoms with van der Waals surface area (Å²) in [6, 6.07) is 4.50. The van der Waals surface area contributed by atoms with Gasteiger partial charge in [0.05, 0.1) is 19.1 Å². The van der Waals surface area contributed by atoms with Crippen LogP contribution in [0.3, 0.4) is 0 Å². The largest absolute Gasteiger partial charge is 0.466 e. The van der Waals surface area contributed by atoms with Gasteiger partial charge in [-0.2, -0.15) is 0 Å². The van der Waals surface area contributed by atoms with E-state index in [1.54, 1.807) is 0 Å². The predicted octanol–water partition coefficient (Wildman–Crippen LogP) is 4.38. The lowest BCUT2D eigenvalue weighted by Gasteiger charge is -2.28. The van der Waals surface area contributed by atoms with Gasteiger partial charge < -0.3 is 4.74 Å². The molecule has 0 amide bonds. The maximum Gasteiger partial charge on any atom is 0.307 e. The van der Waals surface area contributed by atoms with E-state index in [-0.39, 0.29) is 17.4 Å². The van der Waals surface area contributed by atoms with Crippen molar-refractivity contribution in [1.29, 1.82) is 0 Å². The van der Waals surface area contributed by atoms with E-state index < -0.39 is 0 Å². The van der Waals surface area contributed by atoms with Crippen molar-refractivity contribution in [3.8, 4) is 0 Å². The Morgan fingerprint density at radius 2 is 1.86 bits per heavy atom. The molecule has 0 saturated heterocycles. The molecule has 1 atom stereocenters. The van der Waals surface area contributed by atoms with Crippen molar-refractivity contribution in [2.75, 3.05) is 19.7 Å². The second kappa shape index (κ2) is 7.95. The molecule has 0 radical (unpaired) electrons. The molecule has 0 saturated carbocycles. The highest BCUT2D eigenvalue weighted by molar-refractivity contribution is 7.12. The molecule has 0 bridgehead atoms. The molecule has 0 aromatic carbocycles. The molecule has 1 aromatic rings. The van der Waals surface area contributed by atoms with E-state index in [1.807, 2.05) is 18.3 Å². The van der Waals surface area contributed by atoms with Gasteiger partial charge in [0.25, 0.3) is 0 Å². The fraction of sp³-hybridized carbons (Fsp3) is 0.706. The van der Waals surface area contributed by atoms with Crippen molar-refractivity contribution >= 4 is 17.3 Å². The summed E-state index contributed by atoms with van der Waals surface area (Å²) in [5.41, 5.74) is 0.153. The van der Waals surface area contributed by atoms with Crippen LogP contribution in [0.1, 0.15) is 63.8 Å². The Balaban J connectivity index is 3.00. The van der Waals surface area contributed by atoms with Crippen LogP contribution in [0.15, 0.2) is 12.1 Å². The molecule has 1 aromatic heterocycles. The summed E-state index contributed by atoms with van der Waals surface area (Å²) in [5, 5.41) is 0. The molecule has 0 aliphatic rings. The summed E-state index contributed by atoms with van der Waals surface area (Å²) in [6.07, 6.45) is 0.430. The van der Waals surface area contributed by atoms with Crippen LogP contribution in [0, 0.1) is 0 Å². The summed E-state index contributed by atoms with van der Waals surface area (Å²) in [4.78, 5) is 16.9. The Morgan fingerprint density at radius 3 is 2.29 bits per heavy atom. The second-order valence-electron chi connectivity index (χ2n) is 6.20. The number of carbonyl (C=O) groups is 1. The predicted molar refractivity (Wildman–Crippen MR) is 89.9 cm³/mol. The van der Waals surface area contributed by atoms with Crippen molar-refractivity contribution in [3.63, 3.8) is 0 Å². The molecular formula is C17H29NO2S. The number of esters is 1. The van der Waals surface area contributed by atoms with E-state index in [9.17, 15) is 4.79 Å². The Morgan fingerprint density at radius 1 is 1.24 bits per heavy atom. The minimum atomic E-state index is -0.111. The molecule has 1 rings (SSSR count). The summed E-state index contributed by atoms with van der Waals surface area (Å²) >= 11 is 1.82. The van der Waals surface area contributed by atoms with Gasteiger partial charge in [0.15, 0.2) is 0 Å². The second-order valence-corrected chi connectivity index (χ2v) is 7.31. The summed E-state index contributed by atoms with van der Waals surface area (Å²) < 4.78 is 5.15. The molecule has 0 aliphatic carbocycles. The highest BCUT2D eigenvalue weighted by Gasteiger charge is 2.25. The van der Waals surface area contributed by atoms with Crippen LogP contribution >= 0.6 is 11.3 Å². The Kier molecular flexibility index (Phi) is 6.88. The average Bonchev–Trinajstić information content (AvgIpc) is 2.88. The molecule has 4 heteroatoms. The molecule has 3 nitrogen and oxygen atoms in total. The first-order valence-electron chi connectivity index (χ1n) is 7.83. The van der Waals surface area contributed by atoms with Crippen LogP contribution in [-0.2, 0) is 14.9 Å². The number of ether oxygens (including phenoxy) is 1. The lowest BCUT2D eigenvalue weighted by Crippen LogP contribution is -2.30. The van der Waals surface area contributed by atoms with Crippen molar-refractivity contribution in [2.45, 2.75) is 59.4 Å². The Bertz CT molecular complexity index is 444. The van der Waals surface area contributed by atoms with Crippen molar-refractivity contribution in [2.24, 2.45) is 0 Å². The van der Waals surface area contributed by atoms with Crippen molar-refractivity contribution in [3.05, 3.63) is 21.9 Å². The quantitative estimate of drug-likeness (QED) is 0.700. The topological polar surface area (TPSA) is 29.5 Å². The third-order valence-corrected chi connectivity index (χ3v) is 5.23. The van der Waals surface area contributed by atoms with E-state index in [4.69, 9.17) is 4.74 Å². The van der Waals surface area contributed by atoms with Gasteiger partial charge in [-0.05, 0) is 37.6 Å². The Labute approximate surface area is 133 Å². The molecular weight excluding hydrogens is 282 g/mol. The third-order valence-electron chi connectivity index (χ3n) is 3.61. The standard InChI is InChI=1S/C17H29NO2S/c1-7-18(8-2)13(12-16(19)20-9-3)14-10-11-15(21-14)17(4,5)6/h10-11,13H,7-9,12H2,1-6H3. The maximum atomic E-state index is 11.9. The SMILES string of the molecule is CCOC(=O)CC(c1ccc(C(C)(C)C)s1)N(CC)CC. The lowest BCUT2D eigenvalue weighted by atomic mass is 9.95. The first kappa shape index (κ1) is 18.2. The highest BCUT2D eigenvalue weighted by Crippen LogP contribution is 2.35. The van der Waals surface area contributed by atoms with Crippen LogP contribution in [0.4, 0.5) is 0 Å². The van der Waals surface area contributed by atoms with Gasteiger partial charge in [-0.25, -0.2) is 0 Å². The molecule has 0 fully saturated rings. The Hall–Kier alpha value is -0.870. The van der Waals surface area contributed by atoms with Crippen molar-refractivity contribution in [1.82, 2.24) is 4.90 Å². The van der Waals surface area contributed by atoms with E-state index in [0.29, 0.717) is 13.0 Å². The molecule has 21 heavy (non-hydrogen) atoms. The van der Waals surface area contributed by atoms with Gasteiger partial charge in [0.2, 0.25) is 0 Å². The molecule has 120 valence electrons. The van der Waals surface area contributed by atoms with Crippen LogP contribution in [0.5, 0.6) is 0 Å². The fourth-order valence-corrected chi connectivity index (χ4v) is 3.59. The number of nitrogens with zero attached hydrogens (tertiary/aromatic N) is 1. The lowest BCUT2D eigenvalue weighted by molar-refractivity contribution is -0.144. The van der Waals surface area contributed by atoms with Crippen LogP contribution in [-0.4, -0.2) is 30.6 Å². The third kappa shape index (κ3) is 5.11. The van der Waals surface area contributed by atoms with Gasteiger partial charge in [-0.15, -0.1) is 11.3 Å². The zero-order valence-corrected chi connectivity index (χ0v) is 15.0. The summed E-state index contributed by atoms with van der Waals surface area (Å²) in [6.45, 7) is 15.1. The van der Waals surface area contributed by atoms with Crippen LogP contribution < -0.4 is 0 Å². The summed E-state index contributed by atoms with van der Waals surface area (Å²) in [7, 11) is 0. The average molecular weight is 311 g/mol. The first-order chi connectivity index (χ1) is 9.83. The molecule has 0 N–H and O–H groups in total. The van der Waals surface area contributed by atoms with Crippen LogP contribution in [0.25, 0.3) is 0 Å². The first-order valence-corrected chi connectivity index (χ1v) is 8.64. The smallest absolute Gasteiger partial charge is 0.307 e. The fourth-order valence-electron chi connectivity index (χ4n) is 2.39. The normalized spacial score (nSPS) is 13.5. The van der Waals surface area contributed by atoms with E-state index in [1.165, 1.54) is 9.75 Å².